The molecular weight excluding hydrogens is 296 g/mol. The van der Waals surface area contributed by atoms with E-state index in [4.69, 9.17) is 9.47 Å². The Morgan fingerprint density at radius 1 is 1.26 bits per heavy atom. The minimum atomic E-state index is -0.677. The molecule has 0 spiro atoms. The number of carbonyl (C=O) groups is 3. The Bertz CT molecular complexity index is 449. The first-order valence-electron chi connectivity index (χ1n) is 8.44. The van der Waals surface area contributed by atoms with Gasteiger partial charge in [-0.3, -0.25) is 14.4 Å². The van der Waals surface area contributed by atoms with Crippen LogP contribution in [0.4, 0.5) is 0 Å². The van der Waals surface area contributed by atoms with Gasteiger partial charge < -0.3 is 9.47 Å². The van der Waals surface area contributed by atoms with Crippen molar-refractivity contribution in [3.63, 3.8) is 0 Å². The molecule has 0 heterocycles. The zero-order valence-electron chi connectivity index (χ0n) is 15.1. The summed E-state index contributed by atoms with van der Waals surface area (Å²) in [5.41, 5.74) is -0.959. The molecule has 0 aliphatic heterocycles. The van der Waals surface area contributed by atoms with Crippen molar-refractivity contribution >= 4 is 17.7 Å². The summed E-state index contributed by atoms with van der Waals surface area (Å²) in [4.78, 5) is 35.6. The Morgan fingerprint density at radius 2 is 1.91 bits per heavy atom. The van der Waals surface area contributed by atoms with E-state index in [0.717, 1.165) is 32.1 Å². The number of hydrogen-bond acceptors (Lipinski definition) is 5. The van der Waals surface area contributed by atoms with E-state index in [0.29, 0.717) is 13.0 Å². The minimum absolute atomic E-state index is 0.00649. The van der Waals surface area contributed by atoms with Crippen LogP contribution < -0.4 is 0 Å². The van der Waals surface area contributed by atoms with Gasteiger partial charge in [0.15, 0.2) is 0 Å². The molecule has 1 aliphatic rings. The molecule has 0 aromatic heterocycles. The van der Waals surface area contributed by atoms with E-state index in [1.54, 1.807) is 0 Å². The molecule has 0 aromatic carbocycles. The van der Waals surface area contributed by atoms with Gasteiger partial charge in [-0.2, -0.15) is 0 Å². The monoisotopic (exact) mass is 326 g/mol. The third kappa shape index (κ3) is 6.32. The predicted molar refractivity (Wildman–Crippen MR) is 86.8 cm³/mol. The number of carbonyl (C=O) groups excluding carboxylic acids is 3. The van der Waals surface area contributed by atoms with Crippen LogP contribution in [0.5, 0.6) is 0 Å². The number of rotatable bonds is 6. The van der Waals surface area contributed by atoms with E-state index in [9.17, 15) is 14.4 Å². The van der Waals surface area contributed by atoms with E-state index >= 15 is 0 Å². The molecule has 0 N–H and O–H groups in total. The molecule has 2 atom stereocenters. The topological polar surface area (TPSA) is 69.7 Å². The molecule has 132 valence electrons. The minimum Gasteiger partial charge on any atom is -0.466 e. The van der Waals surface area contributed by atoms with Crippen molar-refractivity contribution in [3.05, 3.63) is 0 Å². The summed E-state index contributed by atoms with van der Waals surface area (Å²) < 4.78 is 10.4. The highest BCUT2D eigenvalue weighted by atomic mass is 16.6. The van der Waals surface area contributed by atoms with Gasteiger partial charge in [0.1, 0.15) is 17.3 Å². The van der Waals surface area contributed by atoms with Crippen LogP contribution in [0.3, 0.4) is 0 Å². The lowest BCUT2D eigenvalue weighted by molar-refractivity contribution is -0.169. The Kier molecular flexibility index (Phi) is 6.78. The summed E-state index contributed by atoms with van der Waals surface area (Å²) >= 11 is 0. The third-order valence-electron chi connectivity index (χ3n) is 4.28. The third-order valence-corrected chi connectivity index (χ3v) is 4.28. The molecule has 5 nitrogen and oxygen atoms in total. The van der Waals surface area contributed by atoms with Crippen LogP contribution >= 0.6 is 0 Å². The second-order valence-corrected chi connectivity index (χ2v) is 7.74. The normalized spacial score (nSPS) is 25.1. The summed E-state index contributed by atoms with van der Waals surface area (Å²) in [7, 11) is 0. The van der Waals surface area contributed by atoms with Crippen LogP contribution in [0.15, 0.2) is 0 Å². The Morgan fingerprint density at radius 3 is 2.48 bits per heavy atom. The van der Waals surface area contributed by atoms with E-state index in [1.165, 1.54) is 6.92 Å². The van der Waals surface area contributed by atoms with Crippen molar-refractivity contribution in [2.45, 2.75) is 78.7 Å². The van der Waals surface area contributed by atoms with Crippen molar-refractivity contribution in [1.29, 1.82) is 0 Å². The maximum atomic E-state index is 12.5. The predicted octanol–water partition coefficient (Wildman–Crippen LogP) is 3.44. The van der Waals surface area contributed by atoms with Gasteiger partial charge in [-0.25, -0.2) is 0 Å². The highest BCUT2D eigenvalue weighted by molar-refractivity contribution is 6.00. The smallest absolute Gasteiger partial charge is 0.317 e. The lowest BCUT2D eigenvalue weighted by Crippen LogP contribution is -2.45. The van der Waals surface area contributed by atoms with Crippen molar-refractivity contribution < 1.29 is 23.9 Å². The van der Waals surface area contributed by atoms with Gasteiger partial charge in [-0.15, -0.1) is 0 Å². The van der Waals surface area contributed by atoms with E-state index < -0.39 is 17.5 Å². The van der Waals surface area contributed by atoms with Crippen molar-refractivity contribution in [2.24, 2.45) is 11.3 Å². The fraction of sp³-hybridized carbons (Fsp3) is 0.833. The van der Waals surface area contributed by atoms with Crippen molar-refractivity contribution in [3.8, 4) is 0 Å². The number of Topliss-reactive ketones (excluding diaryl/α,β-unsaturated/α-hetero) is 1. The molecule has 0 bridgehead atoms. The highest BCUT2D eigenvalue weighted by Gasteiger charge is 2.47. The van der Waals surface area contributed by atoms with Crippen molar-refractivity contribution in [1.82, 2.24) is 0 Å². The summed E-state index contributed by atoms with van der Waals surface area (Å²) in [6, 6.07) is 0. The Balaban J connectivity index is 2.68. The van der Waals surface area contributed by atoms with Crippen LogP contribution in [0.2, 0.25) is 0 Å². The van der Waals surface area contributed by atoms with Gasteiger partial charge in [-0.05, 0) is 58.3 Å². The summed E-state index contributed by atoms with van der Waals surface area (Å²) in [5.74, 6) is -1.36. The molecule has 0 aromatic rings. The molecule has 1 aliphatic carbocycles. The van der Waals surface area contributed by atoms with E-state index in [2.05, 4.69) is 0 Å². The zero-order chi connectivity index (χ0) is 17.7. The molecule has 1 fully saturated rings. The maximum Gasteiger partial charge on any atom is 0.317 e. The molecule has 1 unspecified atom stereocenters. The van der Waals surface area contributed by atoms with Crippen LogP contribution in [-0.4, -0.2) is 29.9 Å². The van der Waals surface area contributed by atoms with E-state index in [1.807, 2.05) is 27.7 Å². The fourth-order valence-electron chi connectivity index (χ4n) is 3.24. The zero-order valence-corrected chi connectivity index (χ0v) is 15.1. The first-order valence-corrected chi connectivity index (χ1v) is 8.44. The maximum absolute atomic E-state index is 12.5. The van der Waals surface area contributed by atoms with Gasteiger partial charge in [0.2, 0.25) is 0 Å². The van der Waals surface area contributed by atoms with Gasteiger partial charge in [0, 0.05) is 13.3 Å². The molecule has 0 saturated heterocycles. The van der Waals surface area contributed by atoms with E-state index in [-0.39, 0.29) is 17.2 Å². The van der Waals surface area contributed by atoms with Gasteiger partial charge in [0.25, 0.3) is 0 Å². The Labute approximate surface area is 139 Å². The van der Waals surface area contributed by atoms with Crippen LogP contribution in [-0.2, 0) is 23.9 Å². The second kappa shape index (κ2) is 7.93. The van der Waals surface area contributed by atoms with Crippen LogP contribution in [0.1, 0.15) is 73.1 Å². The van der Waals surface area contributed by atoms with Gasteiger partial charge >= 0.3 is 11.9 Å². The molecule has 23 heavy (non-hydrogen) atoms. The molecule has 1 rings (SSSR count). The molecule has 0 radical (unpaired) electrons. The lowest BCUT2D eigenvalue weighted by Gasteiger charge is -2.40. The molecule has 5 heteroatoms. The first kappa shape index (κ1) is 19.7. The second-order valence-electron chi connectivity index (χ2n) is 7.74. The average Bonchev–Trinajstić information content (AvgIpc) is 2.35. The fourth-order valence-corrected chi connectivity index (χ4v) is 3.24. The quantitative estimate of drug-likeness (QED) is 0.425. The lowest BCUT2D eigenvalue weighted by atomic mass is 9.64. The van der Waals surface area contributed by atoms with Gasteiger partial charge in [-0.1, -0.05) is 6.92 Å². The molecule has 1 saturated carbocycles. The largest absolute Gasteiger partial charge is 0.466 e. The first-order chi connectivity index (χ1) is 10.6. The van der Waals surface area contributed by atoms with Crippen LogP contribution in [0.25, 0.3) is 0 Å². The SMILES string of the molecule is CC(=O)OCCCC[C@@]1(C)CCCC(=O)C1C(=O)OC(C)(C)C. The number of ether oxygens (including phenoxy) is 2. The number of esters is 2. The standard InChI is InChI=1S/C18H30O5/c1-13(19)22-12-7-6-10-18(5)11-8-9-14(20)15(18)16(21)23-17(2,3)4/h15H,6-12H2,1-5H3/t15?,18-/m0/s1. The van der Waals surface area contributed by atoms with Crippen molar-refractivity contribution in [2.75, 3.05) is 6.61 Å². The number of hydrogen-bond donors (Lipinski definition) is 0. The molecular formula is C18H30O5. The highest BCUT2D eigenvalue weighted by Crippen LogP contribution is 2.44. The summed E-state index contributed by atoms with van der Waals surface area (Å²) in [5, 5.41) is 0. The number of ketones is 1. The Hall–Kier alpha value is -1.39. The average molecular weight is 326 g/mol. The van der Waals surface area contributed by atoms with Gasteiger partial charge in [0.05, 0.1) is 6.61 Å². The molecule has 0 amide bonds. The summed E-state index contributed by atoms with van der Waals surface area (Å²) in [6.07, 6.45) is 4.42. The number of unbranched alkanes of at least 4 members (excludes halogenated alkanes) is 1. The van der Waals surface area contributed by atoms with Crippen LogP contribution in [0, 0.1) is 11.3 Å². The summed E-state index contributed by atoms with van der Waals surface area (Å²) in [6.45, 7) is 9.22.